The predicted molar refractivity (Wildman–Crippen MR) is 120 cm³/mol. The summed E-state index contributed by atoms with van der Waals surface area (Å²) in [6.45, 7) is 2.83. The van der Waals surface area contributed by atoms with Crippen molar-refractivity contribution in [2.45, 2.75) is 43.4 Å². The van der Waals surface area contributed by atoms with Crippen LogP contribution in [-0.2, 0) is 9.84 Å². The average molecular weight is 449 g/mol. The Morgan fingerprint density at radius 1 is 1.13 bits per heavy atom. The molecule has 2 aromatic rings. The molecule has 0 amide bonds. The standard InChI is InChI=1S/C23H29ClN2O3S/c1-30(27,28)21-7-5-20(6-8-21)29-14-2-3-18-15-23(16-18)10-12-26(13-11-23)22-9-4-19(24)17-25-22/h4-9,17-18H,2-3,10-16H2,1H3. The molecule has 30 heavy (non-hydrogen) atoms. The van der Waals surface area contributed by atoms with Crippen molar-refractivity contribution in [1.82, 2.24) is 4.98 Å². The molecule has 1 aliphatic carbocycles. The number of ether oxygens (including phenoxy) is 1. The molecule has 4 rings (SSSR count). The molecule has 7 heteroatoms. The lowest BCUT2D eigenvalue weighted by Gasteiger charge is -2.52. The van der Waals surface area contributed by atoms with E-state index in [0.717, 1.165) is 37.0 Å². The number of halogens is 1. The van der Waals surface area contributed by atoms with E-state index in [4.69, 9.17) is 16.3 Å². The van der Waals surface area contributed by atoms with E-state index in [2.05, 4.69) is 9.88 Å². The van der Waals surface area contributed by atoms with Crippen molar-refractivity contribution in [3.63, 3.8) is 0 Å². The molecule has 1 aromatic carbocycles. The molecule has 2 aliphatic rings. The number of sulfone groups is 1. The number of hydrogen-bond acceptors (Lipinski definition) is 5. The SMILES string of the molecule is CS(=O)(=O)c1ccc(OCCCC2CC3(CCN(c4ccc(Cl)cn4)CC3)C2)cc1. The fourth-order valence-corrected chi connectivity index (χ4v) is 5.63. The predicted octanol–water partition coefficient (Wildman–Crippen LogP) is 4.99. The van der Waals surface area contributed by atoms with E-state index in [9.17, 15) is 8.42 Å². The summed E-state index contributed by atoms with van der Waals surface area (Å²) in [6, 6.07) is 10.6. The van der Waals surface area contributed by atoms with Crippen molar-refractivity contribution in [2.24, 2.45) is 11.3 Å². The van der Waals surface area contributed by atoms with Gasteiger partial charge in [-0.3, -0.25) is 0 Å². The highest BCUT2D eigenvalue weighted by Crippen LogP contribution is 2.54. The van der Waals surface area contributed by atoms with Gasteiger partial charge in [0.15, 0.2) is 9.84 Å². The van der Waals surface area contributed by atoms with Gasteiger partial charge in [-0.2, -0.15) is 0 Å². The second kappa shape index (κ2) is 8.75. The third-order valence-electron chi connectivity index (χ3n) is 6.58. The van der Waals surface area contributed by atoms with Gasteiger partial charge >= 0.3 is 0 Å². The first-order valence-electron chi connectivity index (χ1n) is 10.6. The molecule has 0 N–H and O–H groups in total. The van der Waals surface area contributed by atoms with E-state index in [1.807, 2.05) is 12.1 Å². The van der Waals surface area contributed by atoms with Gasteiger partial charge in [0.1, 0.15) is 11.6 Å². The van der Waals surface area contributed by atoms with Crippen molar-refractivity contribution in [2.75, 3.05) is 30.9 Å². The molecule has 5 nitrogen and oxygen atoms in total. The van der Waals surface area contributed by atoms with Crippen LogP contribution in [0.25, 0.3) is 0 Å². The monoisotopic (exact) mass is 448 g/mol. The van der Waals surface area contributed by atoms with Gasteiger partial charge in [0, 0.05) is 25.5 Å². The normalized spacial score (nSPS) is 18.9. The smallest absolute Gasteiger partial charge is 0.175 e. The Kier molecular flexibility index (Phi) is 6.26. The quantitative estimate of drug-likeness (QED) is 0.558. The zero-order chi connectivity index (χ0) is 21.2. The third kappa shape index (κ3) is 5.09. The number of aromatic nitrogens is 1. The first kappa shape index (κ1) is 21.4. The summed E-state index contributed by atoms with van der Waals surface area (Å²) < 4.78 is 28.8. The van der Waals surface area contributed by atoms with Crippen LogP contribution in [0, 0.1) is 11.3 Å². The van der Waals surface area contributed by atoms with Crippen LogP contribution in [0.5, 0.6) is 5.75 Å². The fraction of sp³-hybridized carbons (Fsp3) is 0.522. The lowest BCUT2D eigenvalue weighted by Crippen LogP contribution is -2.47. The van der Waals surface area contributed by atoms with E-state index in [-0.39, 0.29) is 0 Å². The van der Waals surface area contributed by atoms with Gasteiger partial charge in [0.05, 0.1) is 16.5 Å². The lowest BCUT2D eigenvalue weighted by molar-refractivity contribution is 0.0206. The topological polar surface area (TPSA) is 59.5 Å². The summed E-state index contributed by atoms with van der Waals surface area (Å²) >= 11 is 5.94. The fourth-order valence-electron chi connectivity index (χ4n) is 4.89. The zero-order valence-corrected chi connectivity index (χ0v) is 19.0. The van der Waals surface area contributed by atoms with E-state index in [1.165, 1.54) is 38.4 Å². The average Bonchev–Trinajstić information content (AvgIpc) is 2.70. The minimum Gasteiger partial charge on any atom is -0.494 e. The van der Waals surface area contributed by atoms with Crippen molar-refractivity contribution in [3.05, 3.63) is 47.6 Å². The van der Waals surface area contributed by atoms with Crippen LogP contribution in [0.4, 0.5) is 5.82 Å². The molecule has 0 radical (unpaired) electrons. The van der Waals surface area contributed by atoms with Gasteiger partial charge in [-0.25, -0.2) is 13.4 Å². The van der Waals surface area contributed by atoms with E-state index >= 15 is 0 Å². The lowest BCUT2D eigenvalue weighted by atomic mass is 9.56. The van der Waals surface area contributed by atoms with Crippen molar-refractivity contribution in [3.8, 4) is 5.75 Å². The van der Waals surface area contributed by atoms with Crippen LogP contribution >= 0.6 is 11.6 Å². The second-order valence-corrected chi connectivity index (χ2v) is 11.3. The van der Waals surface area contributed by atoms with Crippen LogP contribution in [0.15, 0.2) is 47.5 Å². The number of pyridine rings is 1. The van der Waals surface area contributed by atoms with Crippen LogP contribution in [0.1, 0.15) is 38.5 Å². The summed E-state index contributed by atoms with van der Waals surface area (Å²) in [5, 5.41) is 0.684. The Hall–Kier alpha value is -1.79. The largest absolute Gasteiger partial charge is 0.494 e. The third-order valence-corrected chi connectivity index (χ3v) is 7.93. The van der Waals surface area contributed by atoms with Gasteiger partial charge in [-0.15, -0.1) is 0 Å². The van der Waals surface area contributed by atoms with Gasteiger partial charge in [-0.05, 0) is 86.3 Å². The Morgan fingerprint density at radius 2 is 1.83 bits per heavy atom. The summed E-state index contributed by atoms with van der Waals surface area (Å²) in [6.07, 6.45) is 10.3. The molecular weight excluding hydrogens is 420 g/mol. The Bertz CT molecular complexity index is 945. The summed E-state index contributed by atoms with van der Waals surface area (Å²) in [4.78, 5) is 7.15. The van der Waals surface area contributed by atoms with Crippen molar-refractivity contribution < 1.29 is 13.2 Å². The minimum absolute atomic E-state index is 0.326. The van der Waals surface area contributed by atoms with Gasteiger partial charge in [-0.1, -0.05) is 11.6 Å². The van der Waals surface area contributed by atoms with E-state index < -0.39 is 9.84 Å². The van der Waals surface area contributed by atoms with Crippen LogP contribution < -0.4 is 9.64 Å². The molecule has 1 saturated heterocycles. The highest BCUT2D eigenvalue weighted by Gasteiger charge is 2.45. The summed E-state index contributed by atoms with van der Waals surface area (Å²) in [5.41, 5.74) is 0.538. The number of anilines is 1. The van der Waals surface area contributed by atoms with Crippen LogP contribution in [0.3, 0.4) is 0 Å². The molecule has 1 aromatic heterocycles. The molecule has 1 saturated carbocycles. The van der Waals surface area contributed by atoms with E-state index in [0.29, 0.717) is 21.9 Å². The number of rotatable bonds is 7. The molecule has 0 atom stereocenters. The number of nitrogens with zero attached hydrogens (tertiary/aromatic N) is 2. The molecule has 162 valence electrons. The molecule has 2 fully saturated rings. The Labute approximate surface area is 184 Å². The van der Waals surface area contributed by atoms with Crippen LogP contribution in [-0.4, -0.2) is 39.4 Å². The molecular formula is C23H29ClN2O3S. The first-order chi connectivity index (χ1) is 14.3. The number of hydrogen-bond donors (Lipinski definition) is 0. The molecule has 1 spiro atoms. The maximum absolute atomic E-state index is 11.5. The van der Waals surface area contributed by atoms with E-state index in [1.54, 1.807) is 30.5 Å². The molecule has 1 aliphatic heterocycles. The second-order valence-electron chi connectivity index (χ2n) is 8.83. The first-order valence-corrected chi connectivity index (χ1v) is 12.9. The number of benzene rings is 1. The van der Waals surface area contributed by atoms with Gasteiger partial charge in [0.2, 0.25) is 0 Å². The highest BCUT2D eigenvalue weighted by atomic mass is 35.5. The minimum atomic E-state index is -3.15. The highest BCUT2D eigenvalue weighted by molar-refractivity contribution is 7.90. The van der Waals surface area contributed by atoms with Crippen molar-refractivity contribution in [1.29, 1.82) is 0 Å². The summed E-state index contributed by atoms with van der Waals surface area (Å²) in [7, 11) is -3.15. The molecule has 0 unspecified atom stereocenters. The molecule has 2 heterocycles. The van der Waals surface area contributed by atoms with Gasteiger partial charge in [0.25, 0.3) is 0 Å². The molecule has 0 bridgehead atoms. The van der Waals surface area contributed by atoms with Crippen LogP contribution in [0.2, 0.25) is 5.02 Å². The summed E-state index contributed by atoms with van der Waals surface area (Å²) in [5.74, 6) is 2.57. The zero-order valence-electron chi connectivity index (χ0n) is 17.4. The number of piperidine rings is 1. The Morgan fingerprint density at radius 3 is 2.43 bits per heavy atom. The van der Waals surface area contributed by atoms with Gasteiger partial charge < -0.3 is 9.64 Å². The Balaban J connectivity index is 1.14. The van der Waals surface area contributed by atoms with Crippen molar-refractivity contribution >= 4 is 27.3 Å². The maximum Gasteiger partial charge on any atom is 0.175 e. The maximum atomic E-state index is 11.5.